The van der Waals surface area contributed by atoms with E-state index >= 15 is 0 Å². The molecular formula is C15H23F9NO3S+. The van der Waals surface area contributed by atoms with Crippen LogP contribution < -0.4 is 0 Å². The maximum absolute atomic E-state index is 13.9. The van der Waals surface area contributed by atoms with Gasteiger partial charge in [-0.3, -0.25) is 0 Å². The highest BCUT2D eigenvalue weighted by atomic mass is 32.2. The zero-order valence-corrected chi connectivity index (χ0v) is 16.4. The van der Waals surface area contributed by atoms with E-state index in [1.807, 2.05) is 6.92 Å². The van der Waals surface area contributed by atoms with E-state index in [9.17, 15) is 47.9 Å². The lowest BCUT2D eigenvalue weighted by Gasteiger charge is -2.35. The first-order chi connectivity index (χ1) is 13.0. The normalized spacial score (nSPS) is 19.0. The zero-order valence-electron chi connectivity index (χ0n) is 15.6. The molecule has 29 heavy (non-hydrogen) atoms. The molecule has 1 aliphatic rings. The summed E-state index contributed by atoms with van der Waals surface area (Å²) in [5.41, 5.74) is 0. The molecule has 0 unspecified atom stereocenters. The largest absolute Gasteiger partial charge is 0.460 e. The van der Waals surface area contributed by atoms with Gasteiger partial charge in [-0.05, 0) is 12.8 Å². The fourth-order valence-corrected chi connectivity index (χ4v) is 4.20. The Morgan fingerprint density at radius 2 is 1.28 bits per heavy atom. The standard InChI is InChI=1S/C15H23F9NO3S/c1-2-3-4-5-6-9-25(10-7-8-11-25)28-29(26,27)15(23,24)13(18,19)12(16,17)14(20,21)22/h2-11H2,1H3/q+1. The lowest BCUT2D eigenvalue weighted by Crippen LogP contribution is -2.64. The number of quaternary nitrogens is 1. The molecule has 14 heteroatoms. The molecule has 0 spiro atoms. The monoisotopic (exact) mass is 468 g/mol. The Morgan fingerprint density at radius 3 is 1.72 bits per heavy atom. The van der Waals surface area contributed by atoms with Gasteiger partial charge in [-0.15, -0.1) is 0 Å². The maximum atomic E-state index is 13.9. The van der Waals surface area contributed by atoms with E-state index in [-0.39, 0.29) is 38.9 Å². The van der Waals surface area contributed by atoms with Crippen molar-refractivity contribution in [3.05, 3.63) is 0 Å². The number of hydroxylamine groups is 3. The van der Waals surface area contributed by atoms with Crippen LogP contribution in [0.25, 0.3) is 0 Å². The first-order valence-corrected chi connectivity index (χ1v) is 10.4. The average molecular weight is 468 g/mol. The summed E-state index contributed by atoms with van der Waals surface area (Å²) < 4.78 is 144. The third-order valence-electron chi connectivity index (χ3n) is 4.74. The summed E-state index contributed by atoms with van der Waals surface area (Å²) in [6.07, 6.45) is -3.26. The van der Waals surface area contributed by atoms with Crippen LogP contribution in [0.3, 0.4) is 0 Å². The fourth-order valence-electron chi connectivity index (χ4n) is 3.02. The minimum Gasteiger partial charge on any atom is -0.191 e. The number of alkyl halides is 9. The zero-order chi connectivity index (χ0) is 22.8. The van der Waals surface area contributed by atoms with E-state index < -0.39 is 38.0 Å². The highest BCUT2D eigenvalue weighted by Gasteiger charge is 2.86. The molecule has 0 saturated carbocycles. The van der Waals surface area contributed by atoms with Crippen molar-refractivity contribution < 1.29 is 56.9 Å². The van der Waals surface area contributed by atoms with Crippen molar-refractivity contribution in [1.29, 1.82) is 0 Å². The number of hydrogen-bond acceptors (Lipinski definition) is 3. The van der Waals surface area contributed by atoms with E-state index in [1.165, 1.54) is 0 Å². The SMILES string of the molecule is CCCCCCC[N+]1(OS(=O)(=O)C(F)(F)C(F)(F)C(F)(F)C(F)(F)F)CCCC1. The van der Waals surface area contributed by atoms with Gasteiger partial charge in [-0.1, -0.05) is 30.5 Å². The summed E-state index contributed by atoms with van der Waals surface area (Å²) in [4.78, 5) is 0. The number of nitrogens with zero attached hydrogens (tertiary/aromatic N) is 1. The van der Waals surface area contributed by atoms with Gasteiger partial charge >= 0.3 is 33.4 Å². The average Bonchev–Trinajstić information content (AvgIpc) is 3.01. The van der Waals surface area contributed by atoms with Gasteiger partial charge in [-0.25, -0.2) is 0 Å². The van der Waals surface area contributed by atoms with Crippen molar-refractivity contribution in [3.63, 3.8) is 0 Å². The number of hydrogen-bond donors (Lipinski definition) is 0. The third kappa shape index (κ3) is 5.12. The van der Waals surface area contributed by atoms with Crippen molar-refractivity contribution in [2.75, 3.05) is 19.6 Å². The first-order valence-electron chi connectivity index (χ1n) is 8.99. The van der Waals surface area contributed by atoms with Crippen LogP contribution in [0, 0.1) is 0 Å². The molecule has 1 fully saturated rings. The number of halogens is 9. The Bertz CT molecular complexity index is 644. The minimum atomic E-state index is -7.30. The Morgan fingerprint density at radius 1 is 0.793 bits per heavy atom. The van der Waals surface area contributed by atoms with Crippen LogP contribution in [0.4, 0.5) is 39.5 Å². The van der Waals surface area contributed by atoms with Gasteiger partial charge in [0.05, 0.1) is 0 Å². The quantitative estimate of drug-likeness (QED) is 0.236. The van der Waals surface area contributed by atoms with Gasteiger partial charge < -0.3 is 0 Å². The summed E-state index contributed by atoms with van der Waals surface area (Å²) in [5, 5.41) is -6.81. The van der Waals surface area contributed by atoms with Crippen molar-refractivity contribution in [1.82, 2.24) is 0 Å². The molecule has 0 aromatic carbocycles. The third-order valence-corrected chi connectivity index (χ3v) is 6.13. The summed E-state index contributed by atoms with van der Waals surface area (Å²) in [6.45, 7) is 1.39. The summed E-state index contributed by atoms with van der Waals surface area (Å²) in [7, 11) is -6.84. The van der Waals surface area contributed by atoms with Crippen molar-refractivity contribution in [2.24, 2.45) is 0 Å². The Kier molecular flexibility index (Phi) is 7.95. The van der Waals surface area contributed by atoms with Crippen molar-refractivity contribution in [2.45, 2.75) is 75.1 Å². The second kappa shape index (κ2) is 8.77. The summed E-state index contributed by atoms with van der Waals surface area (Å²) in [6, 6.07) is 0. The lowest BCUT2D eigenvalue weighted by atomic mass is 10.1. The van der Waals surface area contributed by atoms with Crippen LogP contribution >= 0.6 is 0 Å². The van der Waals surface area contributed by atoms with Gasteiger partial charge in [0.15, 0.2) is 0 Å². The maximum Gasteiger partial charge on any atom is 0.460 e. The fraction of sp³-hybridized carbons (Fsp3) is 1.00. The molecule has 0 radical (unpaired) electrons. The molecule has 4 nitrogen and oxygen atoms in total. The molecule has 0 amide bonds. The highest BCUT2D eigenvalue weighted by molar-refractivity contribution is 7.87. The second-order valence-electron chi connectivity index (χ2n) is 7.04. The predicted molar refractivity (Wildman–Crippen MR) is 83.8 cm³/mol. The minimum absolute atomic E-state index is 0.176. The van der Waals surface area contributed by atoms with Gasteiger partial charge in [0.2, 0.25) is 0 Å². The molecule has 1 saturated heterocycles. The van der Waals surface area contributed by atoms with E-state index in [0.717, 1.165) is 19.3 Å². The summed E-state index contributed by atoms with van der Waals surface area (Å²) in [5.74, 6) is -14.6. The van der Waals surface area contributed by atoms with Crippen LogP contribution in [0.2, 0.25) is 0 Å². The molecule has 1 aliphatic heterocycles. The smallest absolute Gasteiger partial charge is 0.191 e. The van der Waals surface area contributed by atoms with Gasteiger partial charge in [0.1, 0.15) is 19.6 Å². The Labute approximate surface area is 162 Å². The molecule has 174 valence electrons. The molecule has 1 rings (SSSR count). The van der Waals surface area contributed by atoms with E-state index in [0.29, 0.717) is 6.42 Å². The van der Waals surface area contributed by atoms with Gasteiger partial charge in [-0.2, -0.15) is 52.6 Å². The first kappa shape index (κ1) is 26.3. The van der Waals surface area contributed by atoms with Crippen molar-refractivity contribution in [3.8, 4) is 0 Å². The van der Waals surface area contributed by atoms with Crippen LogP contribution in [0.15, 0.2) is 0 Å². The van der Waals surface area contributed by atoms with E-state index in [2.05, 4.69) is 4.28 Å². The molecular weight excluding hydrogens is 445 g/mol. The van der Waals surface area contributed by atoms with Crippen LogP contribution in [-0.4, -0.2) is 56.0 Å². The molecule has 0 atom stereocenters. The van der Waals surface area contributed by atoms with Gasteiger partial charge in [0, 0.05) is 12.8 Å². The number of unbranched alkanes of at least 4 members (excludes halogenated alkanes) is 4. The lowest BCUT2D eigenvalue weighted by molar-refractivity contribution is -1.07. The molecule has 0 aliphatic carbocycles. The van der Waals surface area contributed by atoms with Crippen LogP contribution in [-0.2, 0) is 14.4 Å². The van der Waals surface area contributed by atoms with E-state index in [4.69, 9.17) is 0 Å². The predicted octanol–water partition coefficient (Wildman–Crippen LogP) is 5.25. The molecule has 1 heterocycles. The highest BCUT2D eigenvalue weighted by Crippen LogP contribution is 2.55. The summed E-state index contributed by atoms with van der Waals surface area (Å²) >= 11 is 0. The Balaban J connectivity index is 3.11. The van der Waals surface area contributed by atoms with Crippen LogP contribution in [0.1, 0.15) is 51.9 Å². The van der Waals surface area contributed by atoms with Crippen molar-refractivity contribution >= 4 is 10.1 Å². The number of likely N-dealkylation sites (tertiary alicyclic amines) is 1. The van der Waals surface area contributed by atoms with Crippen LogP contribution in [0.5, 0.6) is 0 Å². The number of rotatable bonds is 11. The molecule has 0 aromatic rings. The topological polar surface area (TPSA) is 43.4 Å². The molecule has 0 aromatic heterocycles. The Hall–Kier alpha value is -0.760. The molecule has 0 N–H and O–H groups in total. The second-order valence-corrected chi connectivity index (χ2v) is 8.61. The molecule has 0 bridgehead atoms. The van der Waals surface area contributed by atoms with E-state index in [1.54, 1.807) is 0 Å². The van der Waals surface area contributed by atoms with Gasteiger partial charge in [0.25, 0.3) is 0 Å².